The first-order valence-electron chi connectivity index (χ1n) is 16.7. The molecule has 47 heavy (non-hydrogen) atoms. The number of para-hydroxylation sites is 1. The van der Waals surface area contributed by atoms with E-state index in [0.29, 0.717) is 18.9 Å². The fourth-order valence-electron chi connectivity index (χ4n) is 6.58. The van der Waals surface area contributed by atoms with Crippen LogP contribution in [0.2, 0.25) is 0 Å². The summed E-state index contributed by atoms with van der Waals surface area (Å²) in [4.78, 5) is 16.4. The largest absolute Gasteiger partial charge is 0.512 e. The number of hydrogen-bond donors (Lipinski definition) is 1. The minimum atomic E-state index is -0.179. The molecule has 1 saturated heterocycles. The number of fused-ring (bicyclic) bond motifs is 4. The van der Waals surface area contributed by atoms with Gasteiger partial charge in [-0.05, 0) is 90.7 Å². The van der Waals surface area contributed by atoms with Gasteiger partial charge in [-0.3, -0.25) is 4.79 Å². The molecule has 5 aromatic rings. The Hall–Kier alpha value is -3.38. The molecule has 0 saturated carbocycles. The van der Waals surface area contributed by atoms with Crippen LogP contribution in [0.3, 0.4) is 0 Å². The van der Waals surface area contributed by atoms with E-state index in [9.17, 15) is 9.90 Å². The Bertz CT molecular complexity index is 1850. The number of aromatic nitrogens is 1. The average molecular weight is 815 g/mol. The fraction of sp³-hybridized carbons (Fsp3) is 0.400. The fourth-order valence-corrected chi connectivity index (χ4v) is 6.58. The van der Waals surface area contributed by atoms with Crippen molar-refractivity contribution in [3.05, 3.63) is 89.6 Å². The zero-order valence-electron chi connectivity index (χ0n) is 28.0. The van der Waals surface area contributed by atoms with E-state index >= 15 is 4.39 Å². The quantitative estimate of drug-likeness (QED) is 0.0912. The van der Waals surface area contributed by atoms with Crippen molar-refractivity contribution in [1.82, 2.24) is 4.98 Å². The van der Waals surface area contributed by atoms with E-state index in [-0.39, 0.29) is 55.2 Å². The maximum Gasteiger partial charge on any atom is 0.162 e. The first-order chi connectivity index (χ1) is 22.3. The molecule has 0 bridgehead atoms. The van der Waals surface area contributed by atoms with E-state index < -0.39 is 0 Å². The molecule has 3 aromatic carbocycles. The number of rotatable bonds is 9. The normalized spacial score (nSPS) is 14.1. The van der Waals surface area contributed by atoms with Gasteiger partial charge in [-0.25, -0.2) is 4.39 Å². The number of halogens is 1. The van der Waals surface area contributed by atoms with Crippen molar-refractivity contribution in [2.75, 3.05) is 13.2 Å². The van der Waals surface area contributed by atoms with Gasteiger partial charge in [0.15, 0.2) is 5.78 Å². The number of carbonyl (C=O) groups excluding carboxylic acids is 1. The van der Waals surface area contributed by atoms with Crippen molar-refractivity contribution < 1.29 is 43.6 Å². The predicted molar refractivity (Wildman–Crippen MR) is 185 cm³/mol. The Kier molecular flexibility index (Phi) is 12.9. The van der Waals surface area contributed by atoms with Crippen LogP contribution in [-0.4, -0.2) is 29.1 Å². The number of furan rings is 1. The molecule has 0 aliphatic carbocycles. The molecule has 1 radical (unpaired) electrons. The van der Waals surface area contributed by atoms with Crippen molar-refractivity contribution >= 4 is 38.5 Å². The third kappa shape index (κ3) is 8.02. The number of ether oxygens (including phenoxy) is 1. The van der Waals surface area contributed by atoms with Gasteiger partial charge in [0.05, 0.1) is 11.3 Å². The molecule has 1 aliphatic rings. The number of allylic oxidation sites excluding steroid dienone is 2. The number of aliphatic hydroxyl groups is 1. The summed E-state index contributed by atoms with van der Waals surface area (Å²) in [5.74, 6) is 0.565. The average Bonchev–Trinajstić information content (AvgIpc) is 3.44. The van der Waals surface area contributed by atoms with Gasteiger partial charge >= 0.3 is 0 Å². The topological polar surface area (TPSA) is 72.6 Å². The van der Waals surface area contributed by atoms with Gasteiger partial charge in [0.25, 0.3) is 0 Å². The number of carbonyl (C=O) groups is 1. The summed E-state index contributed by atoms with van der Waals surface area (Å²) in [5.41, 5.74) is 4.80. The van der Waals surface area contributed by atoms with Crippen LogP contribution in [0.4, 0.5) is 4.39 Å². The minimum absolute atomic E-state index is 0. The minimum Gasteiger partial charge on any atom is -0.512 e. The second-order valence-corrected chi connectivity index (χ2v) is 12.3. The second-order valence-electron chi connectivity index (χ2n) is 12.3. The molecule has 0 unspecified atom stereocenters. The van der Waals surface area contributed by atoms with Gasteiger partial charge in [-0.1, -0.05) is 63.8 Å². The third-order valence-corrected chi connectivity index (χ3v) is 9.41. The van der Waals surface area contributed by atoms with E-state index in [2.05, 4.69) is 23.2 Å². The molecule has 0 spiro atoms. The van der Waals surface area contributed by atoms with Gasteiger partial charge in [0, 0.05) is 62.8 Å². The van der Waals surface area contributed by atoms with Crippen LogP contribution in [0, 0.1) is 30.6 Å². The van der Waals surface area contributed by atoms with Gasteiger partial charge < -0.3 is 19.2 Å². The van der Waals surface area contributed by atoms with Crippen LogP contribution in [-0.2, 0) is 29.6 Å². The number of pyridine rings is 1. The van der Waals surface area contributed by atoms with Gasteiger partial charge in [-0.2, -0.15) is 0 Å². The van der Waals surface area contributed by atoms with Crippen molar-refractivity contribution in [2.45, 2.75) is 79.1 Å². The van der Waals surface area contributed by atoms with Crippen molar-refractivity contribution in [3.63, 3.8) is 0 Å². The Balaban J connectivity index is 0.000000269. The van der Waals surface area contributed by atoms with Crippen LogP contribution in [0.1, 0.15) is 83.3 Å². The molecule has 0 amide bonds. The van der Waals surface area contributed by atoms with Gasteiger partial charge in [0.1, 0.15) is 11.4 Å². The first kappa shape index (κ1) is 36.5. The van der Waals surface area contributed by atoms with Gasteiger partial charge in [-0.15, -0.1) is 17.7 Å². The molecule has 3 heterocycles. The van der Waals surface area contributed by atoms with Crippen LogP contribution in [0.5, 0.6) is 0 Å². The summed E-state index contributed by atoms with van der Waals surface area (Å²) in [5, 5.41) is 13.6. The molecule has 0 atom stereocenters. The maximum atomic E-state index is 15.3. The van der Waals surface area contributed by atoms with Crippen molar-refractivity contribution in [2.24, 2.45) is 11.8 Å². The van der Waals surface area contributed by atoms with Crippen LogP contribution < -0.4 is 0 Å². The molecule has 7 heteroatoms. The Morgan fingerprint density at radius 1 is 0.979 bits per heavy atom. The van der Waals surface area contributed by atoms with Crippen molar-refractivity contribution in [3.8, 4) is 11.3 Å². The summed E-state index contributed by atoms with van der Waals surface area (Å²) in [6, 6.07) is 19.1. The number of aryl methyl sites for hydroxylation is 1. The smallest absolute Gasteiger partial charge is 0.162 e. The summed E-state index contributed by atoms with van der Waals surface area (Å²) in [6.45, 7) is 11.5. The number of benzene rings is 3. The zero-order chi connectivity index (χ0) is 32.8. The number of ketones is 1. The van der Waals surface area contributed by atoms with E-state index in [0.717, 1.165) is 87.9 Å². The number of nitrogens with zero attached hydrogens (tertiary/aromatic N) is 1. The molecule has 251 valence electrons. The second kappa shape index (κ2) is 16.6. The van der Waals surface area contributed by atoms with E-state index in [1.54, 1.807) is 12.3 Å². The summed E-state index contributed by atoms with van der Waals surface area (Å²) in [7, 11) is 0. The third-order valence-electron chi connectivity index (χ3n) is 9.41. The van der Waals surface area contributed by atoms with Crippen LogP contribution in [0.15, 0.2) is 71.0 Å². The molecule has 1 aliphatic heterocycles. The molecular weight excluding hydrogens is 770 g/mol. The standard InChI is InChI=1S/C27H21FNO2.C13H24O2.Ir/c1-16-12-22-19-4-2-3-5-25(19)31-27(22)23(13-16)26-21-15-24(28)20(14-18(21)6-9-29-26)17-7-10-30-11-8-17;1-5-10(6-2)12(14)9-13(15)11(7-3)8-4;/h2-6,9,12,14-15,17H,7-8,10-11H2,1H3;9-11,14H,5-8H2,1-4H3;/q-1;;/b;12-9-;. The van der Waals surface area contributed by atoms with Crippen LogP contribution in [0.25, 0.3) is 44.0 Å². The Morgan fingerprint density at radius 2 is 1.66 bits per heavy atom. The molecule has 1 N–H and O–H groups in total. The number of hydrogen-bond acceptors (Lipinski definition) is 5. The van der Waals surface area contributed by atoms with Crippen LogP contribution >= 0.6 is 0 Å². The van der Waals surface area contributed by atoms with Crippen molar-refractivity contribution in [1.29, 1.82) is 0 Å². The maximum absolute atomic E-state index is 15.3. The van der Waals surface area contributed by atoms with E-state index in [4.69, 9.17) is 9.15 Å². The van der Waals surface area contributed by atoms with Gasteiger partial charge in [0.2, 0.25) is 0 Å². The first-order valence-corrected chi connectivity index (χ1v) is 16.7. The SMILES string of the molecule is CCC(CC)C(=O)/C=C(\O)C(CC)CC.Cc1[c-]c(-c2nccc3cc(C4CCOCC4)c(F)cc23)c2oc3ccccc3c2c1.[Ir]. The van der Waals surface area contributed by atoms with E-state index in [1.165, 1.54) is 6.08 Å². The molecule has 1 fully saturated rings. The predicted octanol–water partition coefficient (Wildman–Crippen LogP) is 10.8. The zero-order valence-corrected chi connectivity index (χ0v) is 30.4. The molecule has 5 nitrogen and oxygen atoms in total. The Morgan fingerprint density at radius 3 is 2.34 bits per heavy atom. The summed E-state index contributed by atoms with van der Waals surface area (Å²) in [6.07, 6.45) is 8.40. The number of aliphatic hydroxyl groups excluding tert-OH is 1. The molecule has 2 aromatic heterocycles. The van der Waals surface area contributed by atoms with E-state index in [1.807, 2.05) is 65.0 Å². The molecular formula is C40H45FIrNO4-. The monoisotopic (exact) mass is 815 g/mol. The molecule has 6 rings (SSSR count). The summed E-state index contributed by atoms with van der Waals surface area (Å²) >= 11 is 0. The summed E-state index contributed by atoms with van der Waals surface area (Å²) < 4.78 is 26.9. The Labute approximate surface area is 291 Å².